The van der Waals surface area contributed by atoms with Crippen molar-refractivity contribution in [3.63, 3.8) is 0 Å². The van der Waals surface area contributed by atoms with Gasteiger partial charge in [0, 0.05) is 28.9 Å². The Bertz CT molecular complexity index is 840. The first-order chi connectivity index (χ1) is 12.0. The second kappa shape index (κ2) is 6.98. The number of carboxylic acid groups (broad SMARTS) is 1. The number of imide groups is 1. The van der Waals surface area contributed by atoms with Crippen molar-refractivity contribution in [1.82, 2.24) is 4.90 Å². The number of carboxylic acids is 1. The van der Waals surface area contributed by atoms with Crippen LogP contribution >= 0.6 is 0 Å². The van der Waals surface area contributed by atoms with Crippen molar-refractivity contribution in [2.24, 2.45) is 0 Å². The van der Waals surface area contributed by atoms with Gasteiger partial charge in [-0.15, -0.1) is 0 Å². The first kappa shape index (κ1) is 17.0. The number of fused-ring (bicyclic) bond motifs is 1. The van der Waals surface area contributed by atoms with Crippen LogP contribution in [0.15, 0.2) is 48.5 Å². The van der Waals surface area contributed by atoms with Crippen molar-refractivity contribution in [2.75, 3.05) is 12.3 Å². The van der Waals surface area contributed by atoms with Gasteiger partial charge in [-0.25, -0.2) is 4.79 Å². The fraction of sp³-hybridized carbons (Fsp3) is 0.167. The Balaban J connectivity index is 1.59. The number of nitrogens with zero attached hydrogens (tertiary/aromatic N) is 1. The fourth-order valence-corrected chi connectivity index (χ4v) is 3.73. The van der Waals surface area contributed by atoms with Gasteiger partial charge in [0.25, 0.3) is 11.8 Å². The monoisotopic (exact) mass is 357 g/mol. The molecule has 25 heavy (non-hydrogen) atoms. The Morgan fingerprint density at radius 1 is 0.960 bits per heavy atom. The van der Waals surface area contributed by atoms with Crippen LogP contribution in [0.3, 0.4) is 0 Å². The standard InChI is InChI=1S/C18H15NO5S/c20-16-14-3-1-2-4-15(14)17(21)19(16)9-10-25(24)11-12-5-7-13(8-6-12)18(22)23/h1-8H,9-11H2,(H,22,23). The highest BCUT2D eigenvalue weighted by Crippen LogP contribution is 2.22. The highest BCUT2D eigenvalue weighted by molar-refractivity contribution is 7.84. The molecule has 1 heterocycles. The molecule has 2 aromatic rings. The number of rotatable bonds is 6. The second-order valence-corrected chi connectivity index (χ2v) is 7.17. The number of aromatic carboxylic acids is 1. The first-order valence-corrected chi connectivity index (χ1v) is 9.08. The van der Waals surface area contributed by atoms with Crippen LogP contribution in [0.2, 0.25) is 0 Å². The number of benzene rings is 2. The zero-order valence-electron chi connectivity index (χ0n) is 13.2. The molecule has 0 fully saturated rings. The van der Waals surface area contributed by atoms with E-state index in [1.807, 2.05) is 0 Å². The van der Waals surface area contributed by atoms with Gasteiger partial charge in [-0.05, 0) is 29.8 Å². The molecule has 2 amide bonds. The average Bonchev–Trinajstić information content (AvgIpc) is 2.85. The van der Waals surface area contributed by atoms with Gasteiger partial charge in [0.2, 0.25) is 0 Å². The Labute approximate surface area is 146 Å². The third kappa shape index (κ3) is 3.51. The molecule has 1 N–H and O–H groups in total. The summed E-state index contributed by atoms with van der Waals surface area (Å²) in [5.41, 5.74) is 1.66. The number of hydrogen-bond donors (Lipinski definition) is 1. The molecule has 6 nitrogen and oxygen atoms in total. The number of carbonyl (C=O) groups excluding carboxylic acids is 2. The lowest BCUT2D eigenvalue weighted by molar-refractivity contribution is 0.0659. The molecule has 1 aliphatic heterocycles. The van der Waals surface area contributed by atoms with E-state index < -0.39 is 16.8 Å². The van der Waals surface area contributed by atoms with Crippen molar-refractivity contribution < 1.29 is 23.7 Å². The Hall–Kier alpha value is -2.80. The molecule has 1 atom stereocenters. The van der Waals surface area contributed by atoms with E-state index in [1.54, 1.807) is 36.4 Å². The van der Waals surface area contributed by atoms with E-state index in [4.69, 9.17) is 5.11 Å². The van der Waals surface area contributed by atoms with E-state index >= 15 is 0 Å². The van der Waals surface area contributed by atoms with E-state index in [9.17, 15) is 18.6 Å². The minimum atomic E-state index is -1.27. The van der Waals surface area contributed by atoms with E-state index in [-0.39, 0.29) is 35.4 Å². The van der Waals surface area contributed by atoms with Gasteiger partial charge < -0.3 is 5.11 Å². The largest absolute Gasteiger partial charge is 0.478 e. The molecular weight excluding hydrogens is 342 g/mol. The topological polar surface area (TPSA) is 91.8 Å². The van der Waals surface area contributed by atoms with Crippen LogP contribution in [0.25, 0.3) is 0 Å². The van der Waals surface area contributed by atoms with Crippen LogP contribution in [-0.4, -0.2) is 44.3 Å². The van der Waals surface area contributed by atoms with Gasteiger partial charge in [0.1, 0.15) is 0 Å². The van der Waals surface area contributed by atoms with Crippen LogP contribution in [0, 0.1) is 0 Å². The van der Waals surface area contributed by atoms with E-state index in [0.717, 1.165) is 10.5 Å². The predicted molar refractivity (Wildman–Crippen MR) is 91.9 cm³/mol. The maximum absolute atomic E-state index is 12.2. The van der Waals surface area contributed by atoms with Crippen LogP contribution in [0.1, 0.15) is 36.6 Å². The van der Waals surface area contributed by atoms with Crippen molar-refractivity contribution in [2.45, 2.75) is 5.75 Å². The van der Waals surface area contributed by atoms with Crippen LogP contribution in [-0.2, 0) is 16.6 Å². The third-order valence-corrected chi connectivity index (χ3v) is 5.24. The normalized spacial score (nSPS) is 14.5. The van der Waals surface area contributed by atoms with Crippen LogP contribution in [0.4, 0.5) is 0 Å². The molecule has 0 bridgehead atoms. The second-order valence-electron chi connectivity index (χ2n) is 5.60. The fourth-order valence-electron chi connectivity index (χ4n) is 2.64. The van der Waals surface area contributed by atoms with Crippen molar-refractivity contribution in [3.8, 4) is 0 Å². The molecule has 2 aromatic carbocycles. The summed E-state index contributed by atoms with van der Waals surface area (Å²) in [6.45, 7) is 0.0895. The summed E-state index contributed by atoms with van der Waals surface area (Å²) in [6.07, 6.45) is 0. The molecule has 0 saturated carbocycles. The van der Waals surface area contributed by atoms with Crippen LogP contribution < -0.4 is 0 Å². The molecule has 7 heteroatoms. The maximum atomic E-state index is 12.2. The minimum absolute atomic E-state index is 0.0895. The van der Waals surface area contributed by atoms with Gasteiger partial charge in [0.05, 0.1) is 16.7 Å². The lowest BCUT2D eigenvalue weighted by Gasteiger charge is -2.13. The molecule has 3 rings (SSSR count). The van der Waals surface area contributed by atoms with Gasteiger partial charge in [-0.3, -0.25) is 18.7 Å². The molecule has 0 spiro atoms. The minimum Gasteiger partial charge on any atom is -0.478 e. The SMILES string of the molecule is O=C(O)c1ccc(CS(=O)CCN2C(=O)c3ccccc3C2=O)cc1. The Morgan fingerprint density at radius 2 is 1.52 bits per heavy atom. The molecule has 0 aliphatic carbocycles. The quantitative estimate of drug-likeness (QED) is 0.798. The molecule has 1 unspecified atom stereocenters. The molecule has 1 aliphatic rings. The summed E-state index contributed by atoms with van der Waals surface area (Å²) in [6, 6.07) is 12.8. The summed E-state index contributed by atoms with van der Waals surface area (Å²) in [7, 11) is -1.27. The van der Waals surface area contributed by atoms with Gasteiger partial charge in [0.15, 0.2) is 0 Å². The third-order valence-electron chi connectivity index (χ3n) is 3.95. The van der Waals surface area contributed by atoms with E-state index in [0.29, 0.717) is 11.1 Å². The summed E-state index contributed by atoms with van der Waals surface area (Å²) in [5, 5.41) is 8.86. The smallest absolute Gasteiger partial charge is 0.335 e. The van der Waals surface area contributed by atoms with E-state index in [1.165, 1.54) is 12.1 Å². The number of hydrogen-bond acceptors (Lipinski definition) is 4. The summed E-state index contributed by atoms with van der Waals surface area (Å²) in [4.78, 5) is 36.4. The molecule has 0 aromatic heterocycles. The Kier molecular flexibility index (Phi) is 4.76. The zero-order valence-corrected chi connectivity index (χ0v) is 14.0. The molecule has 0 radical (unpaired) electrons. The van der Waals surface area contributed by atoms with E-state index in [2.05, 4.69) is 0 Å². The van der Waals surface area contributed by atoms with Gasteiger partial charge in [-0.1, -0.05) is 24.3 Å². The van der Waals surface area contributed by atoms with Crippen molar-refractivity contribution in [3.05, 3.63) is 70.8 Å². The molecular formula is C18H15NO5S. The Morgan fingerprint density at radius 3 is 2.04 bits per heavy atom. The summed E-state index contributed by atoms with van der Waals surface area (Å²) in [5.74, 6) is -1.32. The summed E-state index contributed by atoms with van der Waals surface area (Å²) < 4.78 is 12.2. The predicted octanol–water partition coefficient (Wildman–Crippen LogP) is 1.93. The lowest BCUT2D eigenvalue weighted by atomic mass is 10.1. The highest BCUT2D eigenvalue weighted by Gasteiger charge is 2.34. The first-order valence-electron chi connectivity index (χ1n) is 7.60. The maximum Gasteiger partial charge on any atom is 0.335 e. The zero-order chi connectivity index (χ0) is 18.0. The molecule has 128 valence electrons. The lowest BCUT2D eigenvalue weighted by Crippen LogP contribution is -2.33. The molecule has 0 saturated heterocycles. The van der Waals surface area contributed by atoms with Crippen LogP contribution in [0.5, 0.6) is 0 Å². The number of amides is 2. The van der Waals surface area contributed by atoms with Crippen molar-refractivity contribution in [1.29, 1.82) is 0 Å². The van der Waals surface area contributed by atoms with Gasteiger partial charge in [-0.2, -0.15) is 0 Å². The highest BCUT2D eigenvalue weighted by atomic mass is 32.2. The van der Waals surface area contributed by atoms with Gasteiger partial charge >= 0.3 is 5.97 Å². The van der Waals surface area contributed by atoms with Crippen molar-refractivity contribution >= 4 is 28.6 Å². The number of carbonyl (C=O) groups is 3. The summed E-state index contributed by atoms with van der Waals surface area (Å²) >= 11 is 0. The average molecular weight is 357 g/mol.